The van der Waals surface area contributed by atoms with Crippen LogP contribution in [0.1, 0.15) is 28.9 Å². The Bertz CT molecular complexity index is 1060. The molecule has 9 heteroatoms. The van der Waals surface area contributed by atoms with Gasteiger partial charge < -0.3 is 14.8 Å². The molecule has 6 nitrogen and oxygen atoms in total. The second-order valence-corrected chi connectivity index (χ2v) is 7.21. The van der Waals surface area contributed by atoms with Gasteiger partial charge in [-0.25, -0.2) is 14.0 Å². The van der Waals surface area contributed by atoms with E-state index in [-0.39, 0.29) is 5.02 Å². The molecule has 1 aliphatic heterocycles. The van der Waals surface area contributed by atoms with Crippen LogP contribution in [0.15, 0.2) is 53.7 Å². The van der Waals surface area contributed by atoms with Crippen LogP contribution in [0.25, 0.3) is 0 Å². The molecular formula is C21H18ClFN2O4S. The van der Waals surface area contributed by atoms with Gasteiger partial charge in [-0.3, -0.25) is 4.90 Å². The van der Waals surface area contributed by atoms with E-state index in [2.05, 4.69) is 5.32 Å². The van der Waals surface area contributed by atoms with Crippen LogP contribution < -0.4 is 10.2 Å². The van der Waals surface area contributed by atoms with Gasteiger partial charge in [0.05, 0.1) is 36.4 Å². The van der Waals surface area contributed by atoms with Crippen LogP contribution in [0.4, 0.5) is 10.1 Å². The zero-order valence-electron chi connectivity index (χ0n) is 16.4. The van der Waals surface area contributed by atoms with Gasteiger partial charge in [0.25, 0.3) is 0 Å². The fraction of sp³-hybridized carbons (Fsp3) is 0.190. The topological polar surface area (TPSA) is 67.9 Å². The molecular weight excluding hydrogens is 431 g/mol. The summed E-state index contributed by atoms with van der Waals surface area (Å²) in [6, 6.07) is 10.2. The molecule has 1 unspecified atom stereocenters. The number of nitrogens with zero attached hydrogens (tertiary/aromatic N) is 1. The normalized spacial score (nSPS) is 16.2. The molecule has 0 saturated carbocycles. The number of benzene rings is 2. The van der Waals surface area contributed by atoms with Crippen LogP contribution in [-0.2, 0) is 14.3 Å². The molecule has 156 valence electrons. The first-order valence-electron chi connectivity index (χ1n) is 8.81. The Morgan fingerprint density at radius 3 is 2.30 bits per heavy atom. The third kappa shape index (κ3) is 4.01. The summed E-state index contributed by atoms with van der Waals surface area (Å²) in [7, 11) is 2.58. The fourth-order valence-corrected chi connectivity index (χ4v) is 3.77. The largest absolute Gasteiger partial charge is 0.466 e. The lowest BCUT2D eigenvalue weighted by Crippen LogP contribution is -2.48. The molecule has 0 amide bonds. The molecule has 1 N–H and O–H groups in total. The molecule has 3 rings (SSSR count). The van der Waals surface area contributed by atoms with Gasteiger partial charge in [-0.1, -0.05) is 23.7 Å². The minimum Gasteiger partial charge on any atom is -0.466 e. The van der Waals surface area contributed by atoms with E-state index in [0.29, 0.717) is 33.2 Å². The van der Waals surface area contributed by atoms with Gasteiger partial charge in [0.15, 0.2) is 5.11 Å². The number of halogens is 2. The second-order valence-electron chi connectivity index (χ2n) is 6.42. The zero-order chi connectivity index (χ0) is 22.0. The van der Waals surface area contributed by atoms with E-state index in [4.69, 9.17) is 33.3 Å². The first-order chi connectivity index (χ1) is 14.3. The molecule has 0 fully saturated rings. The van der Waals surface area contributed by atoms with Crippen LogP contribution >= 0.6 is 23.8 Å². The van der Waals surface area contributed by atoms with E-state index < -0.39 is 23.8 Å². The highest BCUT2D eigenvalue weighted by Crippen LogP contribution is 2.35. The number of thiocarbonyl (C=S) groups is 1. The molecule has 1 aliphatic rings. The SMILES string of the molecule is COC(=O)C1=C(C)N(c2ccc(F)c(Cl)c2)C(=S)NC1c1ccc(C(=O)OC)cc1. The molecule has 30 heavy (non-hydrogen) atoms. The van der Waals surface area contributed by atoms with Gasteiger partial charge in [0.1, 0.15) is 5.82 Å². The van der Waals surface area contributed by atoms with Gasteiger partial charge in [0.2, 0.25) is 0 Å². The summed E-state index contributed by atoms with van der Waals surface area (Å²) >= 11 is 11.4. The van der Waals surface area contributed by atoms with E-state index in [9.17, 15) is 14.0 Å². The lowest BCUT2D eigenvalue weighted by molar-refractivity contribution is -0.136. The third-order valence-electron chi connectivity index (χ3n) is 4.72. The fourth-order valence-electron chi connectivity index (χ4n) is 3.23. The number of carbonyl (C=O) groups excluding carboxylic acids is 2. The van der Waals surface area contributed by atoms with Gasteiger partial charge >= 0.3 is 11.9 Å². The van der Waals surface area contributed by atoms with Crippen LogP contribution in [0.3, 0.4) is 0 Å². The first kappa shape index (κ1) is 21.7. The number of anilines is 1. The average Bonchev–Trinajstić information content (AvgIpc) is 2.74. The highest BCUT2D eigenvalue weighted by molar-refractivity contribution is 7.80. The number of hydrogen-bond donors (Lipinski definition) is 1. The maximum Gasteiger partial charge on any atom is 0.337 e. The maximum absolute atomic E-state index is 13.6. The van der Waals surface area contributed by atoms with Gasteiger partial charge in [-0.05, 0) is 55.0 Å². The second kappa shape index (κ2) is 8.81. The Kier molecular flexibility index (Phi) is 6.38. The van der Waals surface area contributed by atoms with E-state index in [1.165, 1.54) is 32.4 Å². The van der Waals surface area contributed by atoms with Crippen molar-refractivity contribution >= 4 is 46.6 Å². The van der Waals surface area contributed by atoms with Crippen molar-refractivity contribution in [3.63, 3.8) is 0 Å². The molecule has 0 saturated heterocycles. The van der Waals surface area contributed by atoms with E-state index >= 15 is 0 Å². The molecule has 1 atom stereocenters. The lowest BCUT2D eigenvalue weighted by Gasteiger charge is -2.37. The number of rotatable bonds is 4. The minimum absolute atomic E-state index is 0.0664. The summed E-state index contributed by atoms with van der Waals surface area (Å²) in [6.07, 6.45) is 0. The van der Waals surface area contributed by atoms with Gasteiger partial charge in [0, 0.05) is 11.4 Å². The molecule has 0 bridgehead atoms. The van der Waals surface area contributed by atoms with Crippen molar-refractivity contribution in [2.75, 3.05) is 19.1 Å². The van der Waals surface area contributed by atoms with Crippen molar-refractivity contribution in [3.05, 3.63) is 75.7 Å². The van der Waals surface area contributed by atoms with Crippen molar-refractivity contribution in [3.8, 4) is 0 Å². The summed E-state index contributed by atoms with van der Waals surface area (Å²) in [5, 5.41) is 3.35. The Balaban J connectivity index is 2.08. The number of esters is 2. The predicted molar refractivity (Wildman–Crippen MR) is 115 cm³/mol. The van der Waals surface area contributed by atoms with Crippen molar-refractivity contribution in [2.24, 2.45) is 0 Å². The maximum atomic E-state index is 13.6. The van der Waals surface area contributed by atoms with Crippen molar-refractivity contribution in [1.29, 1.82) is 0 Å². The van der Waals surface area contributed by atoms with Crippen LogP contribution in [0, 0.1) is 5.82 Å². The number of allylic oxidation sites excluding steroid dienone is 1. The highest BCUT2D eigenvalue weighted by Gasteiger charge is 2.35. The summed E-state index contributed by atoms with van der Waals surface area (Å²) in [5.41, 5.74) is 2.40. The quantitative estimate of drug-likeness (QED) is 0.556. The molecule has 0 aliphatic carbocycles. The third-order valence-corrected chi connectivity index (χ3v) is 5.31. The number of hydrogen-bond acceptors (Lipinski definition) is 5. The van der Waals surface area contributed by atoms with E-state index in [0.717, 1.165) is 0 Å². The number of nitrogens with one attached hydrogen (secondary N) is 1. The average molecular weight is 449 g/mol. The van der Waals surface area contributed by atoms with Crippen LogP contribution in [0.5, 0.6) is 0 Å². The Morgan fingerprint density at radius 2 is 1.73 bits per heavy atom. The highest BCUT2D eigenvalue weighted by atomic mass is 35.5. The molecule has 2 aromatic carbocycles. The number of carbonyl (C=O) groups is 2. The van der Waals surface area contributed by atoms with Gasteiger partial charge in [-0.15, -0.1) is 0 Å². The van der Waals surface area contributed by atoms with Crippen molar-refractivity contribution in [1.82, 2.24) is 5.32 Å². The molecule has 0 radical (unpaired) electrons. The van der Waals surface area contributed by atoms with E-state index in [1.807, 2.05) is 0 Å². The summed E-state index contributed by atoms with van der Waals surface area (Å²) in [6.45, 7) is 1.71. The predicted octanol–water partition coefficient (Wildman–Crippen LogP) is 4.15. The summed E-state index contributed by atoms with van der Waals surface area (Å²) in [5.74, 6) is -1.58. The molecule has 0 aromatic heterocycles. The number of ether oxygens (including phenoxy) is 2. The Labute approximate surface area is 183 Å². The first-order valence-corrected chi connectivity index (χ1v) is 9.60. The smallest absolute Gasteiger partial charge is 0.337 e. The van der Waals surface area contributed by atoms with E-state index in [1.54, 1.807) is 36.1 Å². The van der Waals surface area contributed by atoms with Gasteiger partial charge in [-0.2, -0.15) is 0 Å². The lowest BCUT2D eigenvalue weighted by atomic mass is 9.94. The van der Waals surface area contributed by atoms with Crippen molar-refractivity contribution < 1.29 is 23.5 Å². The summed E-state index contributed by atoms with van der Waals surface area (Å²) < 4.78 is 23.3. The van der Waals surface area contributed by atoms with Crippen LogP contribution in [0.2, 0.25) is 5.02 Å². The zero-order valence-corrected chi connectivity index (χ0v) is 17.9. The van der Waals surface area contributed by atoms with Crippen molar-refractivity contribution in [2.45, 2.75) is 13.0 Å². The Hall–Kier alpha value is -2.97. The Morgan fingerprint density at radius 1 is 1.10 bits per heavy atom. The molecule has 1 heterocycles. The monoisotopic (exact) mass is 448 g/mol. The molecule has 0 spiro atoms. The minimum atomic E-state index is -0.608. The number of methoxy groups -OCH3 is 2. The molecule has 2 aromatic rings. The van der Waals surface area contributed by atoms with Crippen LogP contribution in [-0.4, -0.2) is 31.3 Å². The summed E-state index contributed by atoms with van der Waals surface area (Å²) in [4.78, 5) is 25.9. The standard InChI is InChI=1S/C21H18ClFN2O4S/c1-11-17(20(27)29-3)18(12-4-6-13(7-5-12)19(26)28-2)24-21(30)25(11)14-8-9-16(23)15(22)10-14/h4-10,18H,1-3H3,(H,24,30).